The van der Waals surface area contributed by atoms with Crippen LogP contribution in [0.1, 0.15) is 46.1 Å². The molecule has 148 valence electrons. The number of amides is 1. The summed E-state index contributed by atoms with van der Waals surface area (Å²) in [5.74, 6) is -0.596. The monoisotopic (exact) mass is 398 g/mol. The molecule has 2 aromatic rings. The zero-order valence-electron chi connectivity index (χ0n) is 16.6. The number of carbonyl (C=O) groups is 2. The molecule has 5 nitrogen and oxygen atoms in total. The van der Waals surface area contributed by atoms with Crippen LogP contribution in [0.25, 0.3) is 6.08 Å². The van der Waals surface area contributed by atoms with Gasteiger partial charge in [-0.25, -0.2) is 4.79 Å². The Kier molecular flexibility index (Phi) is 6.52. The topological polar surface area (TPSA) is 58.6 Å². The molecule has 1 N–H and O–H groups in total. The third-order valence-electron chi connectivity index (χ3n) is 4.72. The van der Waals surface area contributed by atoms with E-state index in [1.165, 1.54) is 22.3 Å². The highest BCUT2D eigenvalue weighted by molar-refractivity contribution is 7.17. The Hall–Kier alpha value is -2.60. The molecule has 0 spiro atoms. The lowest BCUT2D eigenvalue weighted by molar-refractivity contribution is -0.111. The molecule has 1 amide bonds. The van der Waals surface area contributed by atoms with E-state index < -0.39 is 0 Å². The molecule has 1 aromatic heterocycles. The summed E-state index contributed by atoms with van der Waals surface area (Å²) >= 11 is 1.50. The number of hydrogen-bond acceptors (Lipinski definition) is 5. The predicted octanol–water partition coefficient (Wildman–Crippen LogP) is 4.52. The van der Waals surface area contributed by atoms with Crippen molar-refractivity contribution in [2.45, 2.75) is 32.6 Å². The van der Waals surface area contributed by atoms with Crippen molar-refractivity contribution in [2.24, 2.45) is 0 Å². The summed E-state index contributed by atoms with van der Waals surface area (Å²) in [7, 11) is 3.97. The summed E-state index contributed by atoms with van der Waals surface area (Å²) in [6.07, 6.45) is 7.27. The molecular formula is C22H26N2O3S. The molecule has 1 aromatic carbocycles. The van der Waals surface area contributed by atoms with Gasteiger partial charge in [0.1, 0.15) is 5.00 Å². The second-order valence-corrected chi connectivity index (χ2v) is 8.05. The SMILES string of the molecule is CCOC(=O)c1c(NC(=O)C=Cc2ccc(N(C)C)cc2)sc2c1CCCC2. The number of benzene rings is 1. The van der Waals surface area contributed by atoms with Crippen molar-refractivity contribution in [3.63, 3.8) is 0 Å². The number of fused-ring (bicyclic) bond motifs is 1. The normalized spacial score (nSPS) is 13.2. The number of rotatable bonds is 6. The van der Waals surface area contributed by atoms with Gasteiger partial charge >= 0.3 is 5.97 Å². The molecule has 0 saturated heterocycles. The number of esters is 1. The number of nitrogens with zero attached hydrogens (tertiary/aromatic N) is 1. The second kappa shape index (κ2) is 9.06. The highest BCUT2D eigenvalue weighted by Gasteiger charge is 2.26. The van der Waals surface area contributed by atoms with Gasteiger partial charge in [0, 0.05) is 30.7 Å². The predicted molar refractivity (Wildman–Crippen MR) is 115 cm³/mol. The maximum atomic E-state index is 12.5. The first kappa shape index (κ1) is 20.1. The van der Waals surface area contributed by atoms with E-state index in [1.54, 1.807) is 13.0 Å². The third kappa shape index (κ3) is 4.62. The van der Waals surface area contributed by atoms with Gasteiger partial charge in [0.25, 0.3) is 0 Å². The molecule has 0 radical (unpaired) electrons. The Balaban J connectivity index is 1.76. The molecule has 6 heteroatoms. The molecular weight excluding hydrogens is 372 g/mol. The van der Waals surface area contributed by atoms with Crippen LogP contribution in [0.3, 0.4) is 0 Å². The van der Waals surface area contributed by atoms with Crippen molar-refractivity contribution < 1.29 is 14.3 Å². The van der Waals surface area contributed by atoms with Crippen molar-refractivity contribution >= 4 is 40.0 Å². The highest BCUT2D eigenvalue weighted by atomic mass is 32.1. The average Bonchev–Trinajstić information content (AvgIpc) is 3.04. The molecule has 0 saturated carbocycles. The van der Waals surface area contributed by atoms with E-state index in [1.807, 2.05) is 43.3 Å². The van der Waals surface area contributed by atoms with Crippen molar-refractivity contribution in [3.8, 4) is 0 Å². The standard InChI is InChI=1S/C22H26N2O3S/c1-4-27-22(26)20-17-7-5-6-8-18(17)28-21(20)23-19(25)14-11-15-9-12-16(13-10-15)24(2)3/h9-14H,4-8H2,1-3H3,(H,23,25). The first-order chi connectivity index (χ1) is 13.5. The van der Waals surface area contributed by atoms with Crippen LogP contribution in [-0.4, -0.2) is 32.6 Å². The van der Waals surface area contributed by atoms with Crippen LogP contribution in [-0.2, 0) is 22.4 Å². The van der Waals surface area contributed by atoms with Crippen molar-refractivity contribution in [1.29, 1.82) is 0 Å². The molecule has 0 fully saturated rings. The fourth-order valence-electron chi connectivity index (χ4n) is 3.28. The Morgan fingerprint density at radius 2 is 1.89 bits per heavy atom. The van der Waals surface area contributed by atoms with E-state index in [9.17, 15) is 9.59 Å². The summed E-state index contributed by atoms with van der Waals surface area (Å²) in [6, 6.07) is 7.94. The fourth-order valence-corrected chi connectivity index (χ4v) is 4.56. The molecule has 1 heterocycles. The first-order valence-electron chi connectivity index (χ1n) is 9.57. The Bertz CT molecular complexity index is 882. The van der Waals surface area contributed by atoms with E-state index in [4.69, 9.17) is 4.74 Å². The number of hydrogen-bond donors (Lipinski definition) is 1. The third-order valence-corrected chi connectivity index (χ3v) is 5.93. The molecule has 1 aliphatic rings. The maximum Gasteiger partial charge on any atom is 0.341 e. The highest BCUT2D eigenvalue weighted by Crippen LogP contribution is 2.38. The van der Waals surface area contributed by atoms with Gasteiger partial charge < -0.3 is 15.0 Å². The van der Waals surface area contributed by atoms with Gasteiger partial charge in [0.05, 0.1) is 12.2 Å². The minimum atomic E-state index is -0.347. The molecule has 3 rings (SSSR count). The summed E-state index contributed by atoms with van der Waals surface area (Å²) in [5, 5.41) is 3.49. The molecule has 0 unspecified atom stereocenters. The average molecular weight is 399 g/mol. The van der Waals surface area contributed by atoms with Crippen molar-refractivity contribution in [1.82, 2.24) is 0 Å². The Morgan fingerprint density at radius 1 is 1.18 bits per heavy atom. The summed E-state index contributed by atoms with van der Waals surface area (Å²) < 4.78 is 5.23. The Morgan fingerprint density at radius 3 is 2.57 bits per heavy atom. The number of thiophene rings is 1. The summed E-state index contributed by atoms with van der Waals surface area (Å²) in [6.45, 7) is 2.11. The number of carbonyl (C=O) groups excluding carboxylic acids is 2. The van der Waals surface area contributed by atoms with Gasteiger partial charge in [0.15, 0.2) is 0 Å². The van der Waals surface area contributed by atoms with E-state index in [0.29, 0.717) is 17.2 Å². The minimum Gasteiger partial charge on any atom is -0.462 e. The number of anilines is 2. The summed E-state index contributed by atoms with van der Waals surface area (Å²) in [4.78, 5) is 28.1. The molecule has 1 aliphatic carbocycles. The van der Waals surface area contributed by atoms with Gasteiger partial charge in [-0.2, -0.15) is 0 Å². The van der Waals surface area contributed by atoms with Crippen LogP contribution in [0.5, 0.6) is 0 Å². The van der Waals surface area contributed by atoms with Crippen LogP contribution < -0.4 is 10.2 Å². The van der Waals surface area contributed by atoms with Gasteiger partial charge in [-0.15, -0.1) is 11.3 Å². The van der Waals surface area contributed by atoms with Gasteiger partial charge in [-0.3, -0.25) is 4.79 Å². The molecule has 0 bridgehead atoms. The van der Waals surface area contributed by atoms with E-state index >= 15 is 0 Å². The van der Waals surface area contributed by atoms with Gasteiger partial charge in [-0.1, -0.05) is 12.1 Å². The number of nitrogens with one attached hydrogen (secondary N) is 1. The molecule has 28 heavy (non-hydrogen) atoms. The minimum absolute atomic E-state index is 0.249. The number of aryl methyl sites for hydroxylation is 1. The zero-order valence-corrected chi connectivity index (χ0v) is 17.4. The van der Waals surface area contributed by atoms with E-state index in [2.05, 4.69) is 5.32 Å². The lowest BCUT2D eigenvalue weighted by Crippen LogP contribution is -2.14. The van der Waals surface area contributed by atoms with Crippen LogP contribution in [0.4, 0.5) is 10.7 Å². The zero-order chi connectivity index (χ0) is 20.1. The van der Waals surface area contributed by atoms with Crippen molar-refractivity contribution in [3.05, 3.63) is 51.9 Å². The lowest BCUT2D eigenvalue weighted by atomic mass is 9.95. The van der Waals surface area contributed by atoms with Gasteiger partial charge in [0.2, 0.25) is 5.91 Å². The number of ether oxygens (including phenoxy) is 1. The quantitative estimate of drug-likeness (QED) is 0.574. The first-order valence-corrected chi connectivity index (χ1v) is 10.4. The van der Waals surface area contributed by atoms with E-state index in [0.717, 1.165) is 42.5 Å². The molecule has 0 atom stereocenters. The largest absolute Gasteiger partial charge is 0.462 e. The smallest absolute Gasteiger partial charge is 0.341 e. The summed E-state index contributed by atoms with van der Waals surface area (Å²) in [5.41, 5.74) is 3.63. The van der Waals surface area contributed by atoms with E-state index in [-0.39, 0.29) is 11.9 Å². The maximum absolute atomic E-state index is 12.5. The van der Waals surface area contributed by atoms with Crippen LogP contribution in [0.2, 0.25) is 0 Å². The van der Waals surface area contributed by atoms with Crippen LogP contribution in [0.15, 0.2) is 30.3 Å². The second-order valence-electron chi connectivity index (χ2n) is 6.94. The fraction of sp³-hybridized carbons (Fsp3) is 0.364. The molecule has 0 aliphatic heterocycles. The van der Waals surface area contributed by atoms with Crippen LogP contribution in [0, 0.1) is 0 Å². The lowest BCUT2D eigenvalue weighted by Gasteiger charge is -2.12. The Labute approximate surface area is 170 Å². The van der Waals surface area contributed by atoms with Gasteiger partial charge in [-0.05, 0) is 61.9 Å². The van der Waals surface area contributed by atoms with Crippen molar-refractivity contribution in [2.75, 3.05) is 30.9 Å². The van der Waals surface area contributed by atoms with Crippen LogP contribution >= 0.6 is 11.3 Å².